The van der Waals surface area contributed by atoms with E-state index in [9.17, 15) is 5.11 Å². The molecule has 2 rings (SSSR count). The summed E-state index contributed by atoms with van der Waals surface area (Å²) in [5.41, 5.74) is 7.27. The minimum Gasteiger partial charge on any atom is -0.395 e. The monoisotopic (exact) mass is 249 g/mol. The molecule has 1 aliphatic carbocycles. The fraction of sp³-hybridized carbons (Fsp3) is 0.643. The van der Waals surface area contributed by atoms with Gasteiger partial charge in [0.15, 0.2) is 0 Å². The highest BCUT2D eigenvalue weighted by Gasteiger charge is 2.36. The lowest BCUT2D eigenvalue weighted by Crippen LogP contribution is -2.50. The molecule has 0 spiro atoms. The van der Waals surface area contributed by atoms with Gasteiger partial charge in [-0.15, -0.1) is 0 Å². The third-order valence-corrected chi connectivity index (χ3v) is 3.76. The lowest BCUT2D eigenvalue weighted by molar-refractivity contribution is 0.0956. The van der Waals surface area contributed by atoms with Crippen LogP contribution in [0, 0.1) is 5.92 Å². The predicted octanol–water partition coefficient (Wildman–Crippen LogP) is 1.00. The van der Waals surface area contributed by atoms with Crippen LogP contribution in [0.25, 0.3) is 0 Å². The molecule has 3 N–H and O–H groups in total. The van der Waals surface area contributed by atoms with Gasteiger partial charge in [0.25, 0.3) is 0 Å². The highest BCUT2D eigenvalue weighted by Crippen LogP contribution is 2.34. The Morgan fingerprint density at radius 3 is 2.78 bits per heavy atom. The van der Waals surface area contributed by atoms with Crippen molar-refractivity contribution in [1.29, 1.82) is 0 Å². The zero-order chi connectivity index (χ0) is 13.0. The third kappa shape index (κ3) is 3.28. The van der Waals surface area contributed by atoms with E-state index in [1.165, 1.54) is 12.8 Å². The average Bonchev–Trinajstić information content (AvgIpc) is 3.23. The third-order valence-electron chi connectivity index (χ3n) is 3.76. The Morgan fingerprint density at radius 1 is 1.50 bits per heavy atom. The Hall–Kier alpha value is -0.970. The quantitative estimate of drug-likeness (QED) is 0.757. The molecule has 0 aliphatic heterocycles. The van der Waals surface area contributed by atoms with Crippen LogP contribution in [0.4, 0.5) is 0 Å². The van der Waals surface area contributed by atoms with E-state index in [0.717, 1.165) is 18.8 Å². The van der Waals surface area contributed by atoms with Crippen molar-refractivity contribution in [2.75, 3.05) is 13.2 Å². The first kappa shape index (κ1) is 13.5. The van der Waals surface area contributed by atoms with Crippen LogP contribution in [0.3, 0.4) is 0 Å². The number of aliphatic hydroxyl groups is 1. The zero-order valence-electron chi connectivity index (χ0n) is 11.0. The summed E-state index contributed by atoms with van der Waals surface area (Å²) in [4.78, 5) is 6.57. The van der Waals surface area contributed by atoms with Crippen LogP contribution in [-0.2, 0) is 6.54 Å². The van der Waals surface area contributed by atoms with Crippen LogP contribution in [0.15, 0.2) is 24.4 Å². The molecule has 1 heterocycles. The van der Waals surface area contributed by atoms with Crippen molar-refractivity contribution in [2.24, 2.45) is 11.7 Å². The second kappa shape index (κ2) is 6.27. The molecule has 0 amide bonds. The number of likely N-dealkylation sites (N-methyl/N-ethyl adjacent to an activating group) is 1. The van der Waals surface area contributed by atoms with Crippen molar-refractivity contribution in [3.8, 4) is 0 Å². The second-order valence-corrected chi connectivity index (χ2v) is 5.05. The number of nitrogens with zero attached hydrogens (tertiary/aromatic N) is 2. The molecule has 1 aromatic rings. The summed E-state index contributed by atoms with van der Waals surface area (Å²) in [6.45, 7) is 3.86. The van der Waals surface area contributed by atoms with Crippen LogP contribution < -0.4 is 5.73 Å². The van der Waals surface area contributed by atoms with Crippen molar-refractivity contribution in [1.82, 2.24) is 9.88 Å². The van der Waals surface area contributed by atoms with Gasteiger partial charge in [-0.05, 0) is 37.4 Å². The van der Waals surface area contributed by atoms with E-state index in [2.05, 4.69) is 16.8 Å². The Balaban J connectivity index is 2.01. The minimum atomic E-state index is 0.0458. The molecule has 18 heavy (non-hydrogen) atoms. The fourth-order valence-electron chi connectivity index (χ4n) is 2.44. The summed E-state index contributed by atoms with van der Waals surface area (Å²) in [5.74, 6) is 0.597. The summed E-state index contributed by atoms with van der Waals surface area (Å²) >= 11 is 0. The largest absolute Gasteiger partial charge is 0.395 e. The second-order valence-electron chi connectivity index (χ2n) is 5.05. The first-order chi connectivity index (χ1) is 8.76. The van der Waals surface area contributed by atoms with Crippen molar-refractivity contribution >= 4 is 0 Å². The Bertz CT molecular complexity index is 353. The van der Waals surface area contributed by atoms with E-state index in [-0.39, 0.29) is 18.7 Å². The number of hydrogen-bond acceptors (Lipinski definition) is 4. The van der Waals surface area contributed by atoms with Gasteiger partial charge < -0.3 is 10.8 Å². The summed E-state index contributed by atoms with van der Waals surface area (Å²) in [6, 6.07) is 6.05. The molecule has 0 aromatic carbocycles. The van der Waals surface area contributed by atoms with Crippen LogP contribution in [0.2, 0.25) is 0 Å². The normalized spacial score (nSPS) is 18.9. The van der Waals surface area contributed by atoms with Gasteiger partial charge in [0.05, 0.1) is 12.3 Å². The maximum atomic E-state index is 9.61. The summed E-state index contributed by atoms with van der Waals surface area (Å²) < 4.78 is 0. The van der Waals surface area contributed by atoms with E-state index < -0.39 is 0 Å². The van der Waals surface area contributed by atoms with Gasteiger partial charge in [0, 0.05) is 24.8 Å². The van der Waals surface area contributed by atoms with E-state index in [1.54, 1.807) is 6.20 Å². The molecule has 2 atom stereocenters. The molecule has 100 valence electrons. The van der Waals surface area contributed by atoms with Crippen molar-refractivity contribution in [3.05, 3.63) is 30.1 Å². The Labute approximate surface area is 109 Å². The smallest absolute Gasteiger partial charge is 0.0602 e. The van der Waals surface area contributed by atoms with Crippen LogP contribution in [-0.4, -0.2) is 40.2 Å². The highest BCUT2D eigenvalue weighted by molar-refractivity contribution is 5.04. The van der Waals surface area contributed by atoms with Gasteiger partial charge in [-0.1, -0.05) is 13.0 Å². The molecule has 4 heteroatoms. The van der Waals surface area contributed by atoms with Crippen LogP contribution >= 0.6 is 0 Å². The highest BCUT2D eigenvalue weighted by atomic mass is 16.3. The van der Waals surface area contributed by atoms with E-state index in [0.29, 0.717) is 5.92 Å². The molecule has 4 nitrogen and oxygen atoms in total. The summed E-state index contributed by atoms with van der Waals surface area (Å²) in [5, 5.41) is 9.61. The number of pyridine rings is 1. The Morgan fingerprint density at radius 2 is 2.28 bits per heavy atom. The summed E-state index contributed by atoms with van der Waals surface area (Å²) in [6.07, 6.45) is 4.22. The molecular formula is C14H23N3O. The van der Waals surface area contributed by atoms with Crippen LogP contribution in [0.1, 0.15) is 25.5 Å². The van der Waals surface area contributed by atoms with Gasteiger partial charge in [-0.25, -0.2) is 0 Å². The molecule has 0 radical (unpaired) electrons. The lowest BCUT2D eigenvalue weighted by atomic mass is 10.0. The van der Waals surface area contributed by atoms with E-state index in [4.69, 9.17) is 5.73 Å². The van der Waals surface area contributed by atoms with E-state index in [1.807, 2.05) is 18.2 Å². The standard InChI is InChI=1S/C14H23N3O/c1-2-17(9-12-5-3-4-8-16-12)13(10-18)14(15)11-6-7-11/h3-5,8,11,13-14,18H,2,6-7,9-10,15H2,1H3. The van der Waals surface area contributed by atoms with Gasteiger partial charge >= 0.3 is 0 Å². The van der Waals surface area contributed by atoms with Gasteiger partial charge in [0.1, 0.15) is 0 Å². The van der Waals surface area contributed by atoms with Crippen molar-refractivity contribution in [2.45, 2.75) is 38.4 Å². The van der Waals surface area contributed by atoms with E-state index >= 15 is 0 Å². The van der Waals surface area contributed by atoms with Gasteiger partial charge in [-0.3, -0.25) is 9.88 Å². The number of aromatic nitrogens is 1. The molecule has 1 fully saturated rings. The minimum absolute atomic E-state index is 0.0458. The number of hydrogen-bond donors (Lipinski definition) is 2. The predicted molar refractivity (Wildman–Crippen MR) is 71.9 cm³/mol. The number of aliphatic hydroxyl groups excluding tert-OH is 1. The molecule has 1 aliphatic rings. The van der Waals surface area contributed by atoms with Gasteiger partial charge in [0.2, 0.25) is 0 Å². The van der Waals surface area contributed by atoms with Gasteiger partial charge in [-0.2, -0.15) is 0 Å². The first-order valence-electron chi connectivity index (χ1n) is 6.76. The average molecular weight is 249 g/mol. The molecular weight excluding hydrogens is 226 g/mol. The summed E-state index contributed by atoms with van der Waals surface area (Å²) in [7, 11) is 0. The molecule has 0 saturated heterocycles. The number of nitrogens with two attached hydrogens (primary N) is 1. The van der Waals surface area contributed by atoms with Crippen molar-refractivity contribution < 1.29 is 5.11 Å². The SMILES string of the molecule is CCN(Cc1ccccn1)C(CO)C(N)C1CC1. The first-order valence-corrected chi connectivity index (χ1v) is 6.76. The molecule has 0 bridgehead atoms. The Kier molecular flexibility index (Phi) is 4.69. The maximum absolute atomic E-state index is 9.61. The maximum Gasteiger partial charge on any atom is 0.0602 e. The van der Waals surface area contributed by atoms with Crippen molar-refractivity contribution in [3.63, 3.8) is 0 Å². The van der Waals surface area contributed by atoms with Crippen LogP contribution in [0.5, 0.6) is 0 Å². The molecule has 1 saturated carbocycles. The molecule has 2 unspecified atom stereocenters. The number of rotatable bonds is 7. The fourth-order valence-corrected chi connectivity index (χ4v) is 2.44. The topological polar surface area (TPSA) is 62.4 Å². The zero-order valence-corrected chi connectivity index (χ0v) is 11.0. The molecule has 1 aromatic heterocycles. The lowest BCUT2D eigenvalue weighted by Gasteiger charge is -2.33.